The van der Waals surface area contributed by atoms with Gasteiger partial charge in [0.2, 0.25) is 5.91 Å². The Morgan fingerprint density at radius 2 is 2.05 bits per heavy atom. The average molecular weight is 298 g/mol. The number of carboxylic acids is 1. The maximum atomic E-state index is 11.0. The van der Waals surface area contributed by atoms with Crippen molar-refractivity contribution in [1.29, 1.82) is 0 Å². The van der Waals surface area contributed by atoms with Crippen LogP contribution in [-0.4, -0.2) is 29.6 Å². The first kappa shape index (κ1) is 18.0. The summed E-state index contributed by atoms with van der Waals surface area (Å²) < 4.78 is 0. The summed E-state index contributed by atoms with van der Waals surface area (Å²) in [4.78, 5) is 22.0. The number of carbonyl (C=O) groups excluding carboxylic acids is 1. The minimum absolute atomic E-state index is 0.0128. The van der Waals surface area contributed by atoms with E-state index in [1.807, 2.05) is 0 Å². The first-order valence-electron chi connectivity index (χ1n) is 8.07. The zero-order valence-electron chi connectivity index (χ0n) is 13.5. The lowest BCUT2D eigenvalue weighted by atomic mass is 9.84. The smallest absolute Gasteiger partial charge is 0.306 e. The lowest BCUT2D eigenvalue weighted by molar-refractivity contribution is -0.141. The van der Waals surface area contributed by atoms with Gasteiger partial charge in [0.1, 0.15) is 0 Å². The largest absolute Gasteiger partial charge is 0.481 e. The molecule has 21 heavy (non-hydrogen) atoms. The maximum absolute atomic E-state index is 11.0. The third-order valence-corrected chi connectivity index (χ3v) is 5.01. The van der Waals surface area contributed by atoms with E-state index in [0.29, 0.717) is 37.1 Å². The van der Waals surface area contributed by atoms with E-state index in [0.717, 1.165) is 19.3 Å². The van der Waals surface area contributed by atoms with E-state index in [2.05, 4.69) is 19.2 Å². The molecule has 0 radical (unpaired) electrons. The van der Waals surface area contributed by atoms with Gasteiger partial charge in [-0.1, -0.05) is 20.3 Å². The lowest BCUT2D eigenvalue weighted by Crippen LogP contribution is -2.30. The van der Waals surface area contributed by atoms with Crippen molar-refractivity contribution >= 4 is 11.9 Å². The van der Waals surface area contributed by atoms with E-state index in [-0.39, 0.29) is 17.9 Å². The average Bonchev–Trinajstić information content (AvgIpc) is 2.79. The molecule has 1 aliphatic rings. The highest BCUT2D eigenvalue weighted by atomic mass is 16.4. The molecule has 4 N–H and O–H groups in total. The number of carbonyl (C=O) groups is 2. The second-order valence-electron chi connectivity index (χ2n) is 6.59. The van der Waals surface area contributed by atoms with Crippen LogP contribution in [0.1, 0.15) is 52.9 Å². The van der Waals surface area contributed by atoms with Gasteiger partial charge >= 0.3 is 5.97 Å². The van der Waals surface area contributed by atoms with Crippen molar-refractivity contribution in [3.63, 3.8) is 0 Å². The van der Waals surface area contributed by atoms with Crippen LogP contribution >= 0.6 is 0 Å². The van der Waals surface area contributed by atoms with Crippen LogP contribution < -0.4 is 11.1 Å². The molecule has 5 nitrogen and oxygen atoms in total. The standard InChI is InChI=1S/C16H30N2O3/c1-4-12(10(2)9-18-11(3)19)5-6-13-7-14(16(20)21)8-15(13)17/h10,12-15H,4-9,17H2,1-3H3,(H,18,19)(H,20,21)/t10?,12?,13-,14-,15-/m1/s1. The summed E-state index contributed by atoms with van der Waals surface area (Å²) in [6.07, 6.45) is 4.45. The van der Waals surface area contributed by atoms with Crippen LogP contribution in [0.3, 0.4) is 0 Å². The van der Waals surface area contributed by atoms with Gasteiger partial charge in [-0.25, -0.2) is 0 Å². The number of nitrogens with two attached hydrogens (primary N) is 1. The molecule has 2 unspecified atom stereocenters. The summed E-state index contributed by atoms with van der Waals surface area (Å²) in [6, 6.07) is 0.0225. The van der Waals surface area contributed by atoms with E-state index in [9.17, 15) is 9.59 Å². The highest BCUT2D eigenvalue weighted by molar-refractivity contribution is 5.72. The second kappa shape index (κ2) is 8.37. The van der Waals surface area contributed by atoms with Gasteiger partial charge in [-0.15, -0.1) is 0 Å². The van der Waals surface area contributed by atoms with Gasteiger partial charge in [0.25, 0.3) is 0 Å². The molecule has 0 heterocycles. The zero-order valence-corrected chi connectivity index (χ0v) is 13.5. The molecule has 1 saturated carbocycles. The molecule has 1 rings (SSSR count). The van der Waals surface area contributed by atoms with Gasteiger partial charge < -0.3 is 16.2 Å². The quantitative estimate of drug-likeness (QED) is 0.639. The molecule has 122 valence electrons. The first-order valence-corrected chi connectivity index (χ1v) is 8.07. The van der Waals surface area contributed by atoms with Crippen molar-refractivity contribution in [2.24, 2.45) is 29.4 Å². The SMILES string of the molecule is CCC(CC[C@@H]1C[C@@H](C(=O)O)C[C@H]1N)C(C)CNC(C)=O. The third kappa shape index (κ3) is 5.65. The number of hydrogen-bond donors (Lipinski definition) is 3. The molecule has 1 fully saturated rings. The van der Waals surface area contributed by atoms with Crippen molar-refractivity contribution < 1.29 is 14.7 Å². The predicted octanol–water partition coefficient (Wildman–Crippen LogP) is 2.00. The van der Waals surface area contributed by atoms with Crippen LogP contribution in [0, 0.1) is 23.7 Å². The molecule has 0 aromatic heterocycles. The van der Waals surface area contributed by atoms with Crippen LogP contribution in [0.5, 0.6) is 0 Å². The van der Waals surface area contributed by atoms with E-state index >= 15 is 0 Å². The van der Waals surface area contributed by atoms with Crippen LogP contribution in [0.15, 0.2) is 0 Å². The lowest BCUT2D eigenvalue weighted by Gasteiger charge is -2.25. The van der Waals surface area contributed by atoms with Gasteiger partial charge in [-0.2, -0.15) is 0 Å². The molecule has 1 aliphatic carbocycles. The fraction of sp³-hybridized carbons (Fsp3) is 0.875. The Bertz CT molecular complexity index is 359. The minimum atomic E-state index is -0.709. The Labute approximate surface area is 127 Å². The molecule has 0 aliphatic heterocycles. The van der Waals surface area contributed by atoms with Gasteiger partial charge in [0.05, 0.1) is 5.92 Å². The number of aliphatic carboxylic acids is 1. The summed E-state index contributed by atoms with van der Waals surface area (Å²) in [5, 5.41) is 12.0. The summed E-state index contributed by atoms with van der Waals surface area (Å²) in [5.41, 5.74) is 6.09. The predicted molar refractivity (Wildman–Crippen MR) is 82.7 cm³/mol. The second-order valence-corrected chi connectivity index (χ2v) is 6.59. The molecule has 0 bridgehead atoms. The van der Waals surface area contributed by atoms with Crippen LogP contribution in [0.25, 0.3) is 0 Å². The Hall–Kier alpha value is -1.10. The van der Waals surface area contributed by atoms with Crippen molar-refractivity contribution in [2.75, 3.05) is 6.54 Å². The van der Waals surface area contributed by atoms with Crippen molar-refractivity contribution in [1.82, 2.24) is 5.32 Å². The molecule has 5 heteroatoms. The molecule has 0 aromatic carbocycles. The summed E-state index contributed by atoms with van der Waals surface area (Å²) >= 11 is 0. The Morgan fingerprint density at radius 1 is 1.38 bits per heavy atom. The van der Waals surface area contributed by atoms with Gasteiger partial charge in [0, 0.05) is 19.5 Å². The van der Waals surface area contributed by atoms with E-state index < -0.39 is 5.97 Å². The van der Waals surface area contributed by atoms with Gasteiger partial charge in [-0.05, 0) is 43.4 Å². The molecule has 0 aromatic rings. The number of nitrogens with one attached hydrogen (secondary N) is 1. The number of amides is 1. The van der Waals surface area contributed by atoms with E-state index in [1.165, 1.54) is 6.92 Å². The van der Waals surface area contributed by atoms with Crippen molar-refractivity contribution in [3.8, 4) is 0 Å². The Kier molecular flexibility index (Phi) is 7.15. The van der Waals surface area contributed by atoms with Crippen molar-refractivity contribution in [2.45, 2.75) is 58.9 Å². The molecule has 1 amide bonds. The zero-order chi connectivity index (χ0) is 16.0. The minimum Gasteiger partial charge on any atom is -0.481 e. The fourth-order valence-corrected chi connectivity index (χ4v) is 3.48. The summed E-state index contributed by atoms with van der Waals surface area (Å²) in [7, 11) is 0. The maximum Gasteiger partial charge on any atom is 0.306 e. The topological polar surface area (TPSA) is 92.4 Å². The highest BCUT2D eigenvalue weighted by Crippen LogP contribution is 2.35. The Balaban J connectivity index is 2.40. The van der Waals surface area contributed by atoms with Crippen LogP contribution in [-0.2, 0) is 9.59 Å². The van der Waals surface area contributed by atoms with Crippen molar-refractivity contribution in [3.05, 3.63) is 0 Å². The first-order chi connectivity index (χ1) is 9.85. The monoisotopic (exact) mass is 298 g/mol. The van der Waals surface area contributed by atoms with Crippen LogP contribution in [0.2, 0.25) is 0 Å². The number of rotatable bonds is 8. The van der Waals surface area contributed by atoms with E-state index in [4.69, 9.17) is 10.8 Å². The number of carboxylic acid groups (broad SMARTS) is 1. The normalized spacial score (nSPS) is 28.1. The molecular weight excluding hydrogens is 268 g/mol. The highest BCUT2D eigenvalue weighted by Gasteiger charge is 2.35. The summed E-state index contributed by atoms with van der Waals surface area (Å²) in [5.74, 6) is 0.354. The molecule has 5 atom stereocenters. The van der Waals surface area contributed by atoms with E-state index in [1.54, 1.807) is 0 Å². The van der Waals surface area contributed by atoms with Gasteiger partial charge in [-0.3, -0.25) is 9.59 Å². The molecule has 0 saturated heterocycles. The number of hydrogen-bond acceptors (Lipinski definition) is 3. The third-order valence-electron chi connectivity index (χ3n) is 5.01. The molecular formula is C16H30N2O3. The van der Waals surface area contributed by atoms with Crippen LogP contribution in [0.4, 0.5) is 0 Å². The van der Waals surface area contributed by atoms with Gasteiger partial charge in [0.15, 0.2) is 0 Å². The Morgan fingerprint density at radius 3 is 2.52 bits per heavy atom. The summed E-state index contributed by atoms with van der Waals surface area (Å²) in [6.45, 7) is 6.59. The fourth-order valence-electron chi connectivity index (χ4n) is 3.48. The molecule has 0 spiro atoms.